The minimum absolute atomic E-state index is 0.0651. The third kappa shape index (κ3) is 4.61. The first-order chi connectivity index (χ1) is 14.9. The van der Waals surface area contributed by atoms with Crippen molar-refractivity contribution in [3.63, 3.8) is 0 Å². The minimum Gasteiger partial charge on any atom is -0.488 e. The van der Waals surface area contributed by atoms with Gasteiger partial charge in [0.15, 0.2) is 5.69 Å². The first kappa shape index (κ1) is 21.1. The first-order valence-corrected chi connectivity index (χ1v) is 10.1. The van der Waals surface area contributed by atoms with E-state index in [4.69, 9.17) is 16.3 Å². The average molecular weight is 445 g/mol. The minimum atomic E-state index is -1.05. The van der Waals surface area contributed by atoms with Gasteiger partial charge in [0.1, 0.15) is 24.0 Å². The Labute approximate surface area is 182 Å². The molecule has 2 heterocycles. The molecule has 1 aromatic heterocycles. The molecule has 4 rings (SSSR count). The zero-order valence-electron chi connectivity index (χ0n) is 16.4. The van der Waals surface area contributed by atoms with E-state index in [-0.39, 0.29) is 17.9 Å². The van der Waals surface area contributed by atoms with Crippen LogP contribution in [0.5, 0.6) is 5.75 Å². The van der Waals surface area contributed by atoms with E-state index in [1.807, 2.05) is 0 Å². The van der Waals surface area contributed by atoms with Crippen LogP contribution in [0.25, 0.3) is 0 Å². The van der Waals surface area contributed by atoms with E-state index in [9.17, 15) is 18.7 Å². The topological polar surface area (TPSA) is 62.7 Å². The van der Waals surface area contributed by atoms with Gasteiger partial charge in [0, 0.05) is 52.8 Å². The number of fused-ring (bicyclic) bond motifs is 1. The number of nitrogens with zero attached hydrogens (tertiary/aromatic N) is 2. The monoisotopic (exact) mass is 444 g/mol. The summed E-state index contributed by atoms with van der Waals surface area (Å²) < 4.78 is 32.9. The van der Waals surface area contributed by atoms with Gasteiger partial charge in [-0.1, -0.05) is 11.6 Å². The highest BCUT2D eigenvalue weighted by Gasteiger charge is 2.24. The van der Waals surface area contributed by atoms with Gasteiger partial charge in [0.2, 0.25) is 0 Å². The molecule has 0 spiro atoms. The number of hydrogen-bond acceptors (Lipinski definition) is 4. The van der Waals surface area contributed by atoms with E-state index in [1.165, 1.54) is 18.3 Å². The molecule has 1 aliphatic heterocycles. The number of rotatable bonds is 6. The molecule has 160 valence electrons. The molecule has 1 aliphatic rings. The van der Waals surface area contributed by atoms with Crippen molar-refractivity contribution in [2.75, 3.05) is 11.4 Å². The lowest BCUT2D eigenvalue weighted by molar-refractivity contribution is 0.0689. The number of ether oxygens (including phenoxy) is 1. The van der Waals surface area contributed by atoms with Crippen LogP contribution >= 0.6 is 11.6 Å². The van der Waals surface area contributed by atoms with Crippen molar-refractivity contribution in [3.05, 3.63) is 87.7 Å². The molecule has 0 unspecified atom stereocenters. The lowest BCUT2D eigenvalue weighted by Gasteiger charge is -2.32. The van der Waals surface area contributed by atoms with Crippen molar-refractivity contribution >= 4 is 23.3 Å². The SMILES string of the molecule is O=C(O)c1nccc2c1CCCN2Cc1cc(Cl)ccc1OCc1ccc(F)cc1F. The number of carboxylic acid groups (broad SMARTS) is 1. The predicted octanol–water partition coefficient (Wildman–Crippen LogP) is 5.24. The smallest absolute Gasteiger partial charge is 0.354 e. The van der Waals surface area contributed by atoms with Crippen LogP contribution in [0.1, 0.15) is 33.6 Å². The highest BCUT2D eigenvalue weighted by atomic mass is 35.5. The largest absolute Gasteiger partial charge is 0.488 e. The van der Waals surface area contributed by atoms with Gasteiger partial charge in [-0.15, -0.1) is 0 Å². The number of aromatic nitrogens is 1. The summed E-state index contributed by atoms with van der Waals surface area (Å²) >= 11 is 6.20. The summed E-state index contributed by atoms with van der Waals surface area (Å²) in [6.07, 6.45) is 2.92. The lowest BCUT2D eigenvalue weighted by Crippen LogP contribution is -2.30. The van der Waals surface area contributed by atoms with Crippen LogP contribution in [0.2, 0.25) is 5.02 Å². The van der Waals surface area contributed by atoms with Crippen molar-refractivity contribution in [3.8, 4) is 5.75 Å². The molecule has 0 aliphatic carbocycles. The molecule has 0 atom stereocenters. The van der Waals surface area contributed by atoms with E-state index in [2.05, 4.69) is 9.88 Å². The molecule has 0 saturated heterocycles. The highest BCUT2D eigenvalue weighted by molar-refractivity contribution is 6.30. The Morgan fingerprint density at radius 3 is 2.77 bits per heavy atom. The Hall–Kier alpha value is -3.19. The van der Waals surface area contributed by atoms with E-state index < -0.39 is 17.6 Å². The number of halogens is 3. The normalized spacial score (nSPS) is 13.1. The number of anilines is 1. The van der Waals surface area contributed by atoms with Crippen molar-refractivity contribution in [1.29, 1.82) is 0 Å². The second-order valence-electron chi connectivity index (χ2n) is 7.26. The zero-order chi connectivity index (χ0) is 22.0. The van der Waals surface area contributed by atoms with E-state index in [0.717, 1.165) is 30.3 Å². The first-order valence-electron chi connectivity index (χ1n) is 9.73. The maximum atomic E-state index is 14.0. The summed E-state index contributed by atoms with van der Waals surface area (Å²) in [5.74, 6) is -1.85. The Bertz CT molecular complexity index is 1140. The van der Waals surface area contributed by atoms with Crippen LogP contribution in [0.15, 0.2) is 48.7 Å². The Morgan fingerprint density at radius 1 is 1.16 bits per heavy atom. The van der Waals surface area contributed by atoms with Crippen LogP contribution in [0.4, 0.5) is 14.5 Å². The molecule has 31 heavy (non-hydrogen) atoms. The maximum Gasteiger partial charge on any atom is 0.354 e. The molecule has 8 heteroatoms. The number of pyridine rings is 1. The summed E-state index contributed by atoms with van der Waals surface area (Å²) in [5, 5.41) is 9.96. The summed E-state index contributed by atoms with van der Waals surface area (Å²) in [4.78, 5) is 17.6. The molecule has 1 N–H and O–H groups in total. The molecular formula is C23H19ClF2N2O3. The summed E-state index contributed by atoms with van der Waals surface area (Å²) in [5.41, 5.74) is 2.60. The third-order valence-corrected chi connectivity index (χ3v) is 5.45. The van der Waals surface area contributed by atoms with Gasteiger partial charge >= 0.3 is 5.97 Å². The van der Waals surface area contributed by atoms with Crippen LogP contribution in [-0.4, -0.2) is 22.6 Å². The zero-order valence-corrected chi connectivity index (χ0v) is 17.2. The van der Waals surface area contributed by atoms with Crippen molar-refractivity contribution in [1.82, 2.24) is 4.98 Å². The molecule has 0 saturated carbocycles. The average Bonchev–Trinajstić information content (AvgIpc) is 2.74. The van der Waals surface area contributed by atoms with Gasteiger partial charge < -0.3 is 14.7 Å². The van der Waals surface area contributed by atoms with Crippen LogP contribution in [0.3, 0.4) is 0 Å². The lowest BCUT2D eigenvalue weighted by atomic mass is 9.99. The molecule has 0 amide bonds. The van der Waals surface area contributed by atoms with Gasteiger partial charge in [-0.2, -0.15) is 0 Å². The molecule has 5 nitrogen and oxygen atoms in total. The number of hydrogen-bond donors (Lipinski definition) is 1. The number of benzene rings is 2. The van der Waals surface area contributed by atoms with E-state index in [1.54, 1.807) is 24.3 Å². The molecule has 0 fully saturated rings. The number of carboxylic acids is 1. The fraction of sp³-hybridized carbons (Fsp3) is 0.217. The number of carbonyl (C=O) groups is 1. The van der Waals surface area contributed by atoms with Crippen LogP contribution in [0, 0.1) is 11.6 Å². The molecular weight excluding hydrogens is 426 g/mol. The van der Waals surface area contributed by atoms with Crippen molar-refractivity contribution in [2.45, 2.75) is 26.0 Å². The van der Waals surface area contributed by atoms with Crippen LogP contribution < -0.4 is 9.64 Å². The predicted molar refractivity (Wildman–Crippen MR) is 113 cm³/mol. The van der Waals surface area contributed by atoms with Gasteiger partial charge in [-0.3, -0.25) is 0 Å². The quantitative estimate of drug-likeness (QED) is 0.563. The molecule has 2 aromatic carbocycles. The standard InChI is InChI=1S/C23H19ClF2N2O3/c24-16-4-6-21(31-13-14-3-5-17(25)11-19(14)26)15(10-16)12-28-9-1-2-18-20(28)7-8-27-22(18)23(29)30/h3-8,10-11H,1-2,9,12-13H2,(H,29,30). The van der Waals surface area contributed by atoms with Crippen molar-refractivity contribution in [2.24, 2.45) is 0 Å². The van der Waals surface area contributed by atoms with E-state index >= 15 is 0 Å². The Morgan fingerprint density at radius 2 is 2.00 bits per heavy atom. The van der Waals surface area contributed by atoms with Gasteiger partial charge in [-0.25, -0.2) is 18.6 Å². The maximum absolute atomic E-state index is 14.0. The van der Waals surface area contributed by atoms with Gasteiger partial charge in [0.25, 0.3) is 0 Å². The second kappa shape index (κ2) is 8.89. The number of aromatic carboxylic acids is 1. The van der Waals surface area contributed by atoms with Crippen molar-refractivity contribution < 1.29 is 23.4 Å². The fourth-order valence-corrected chi connectivity index (χ4v) is 3.95. The van der Waals surface area contributed by atoms with Gasteiger partial charge in [0.05, 0.1) is 0 Å². The molecule has 0 bridgehead atoms. The molecule has 0 radical (unpaired) electrons. The summed E-state index contributed by atoms with van der Waals surface area (Å²) in [6.45, 7) is 1.09. The summed E-state index contributed by atoms with van der Waals surface area (Å²) in [6, 6.07) is 10.3. The van der Waals surface area contributed by atoms with Gasteiger partial charge in [-0.05, 0) is 49.2 Å². The Balaban J connectivity index is 1.59. The molecule has 3 aromatic rings. The summed E-state index contributed by atoms with van der Waals surface area (Å²) in [7, 11) is 0. The second-order valence-corrected chi connectivity index (χ2v) is 7.70. The van der Waals surface area contributed by atoms with E-state index in [0.29, 0.717) is 29.3 Å². The highest BCUT2D eigenvalue weighted by Crippen LogP contribution is 2.33. The van der Waals surface area contributed by atoms with Crippen LogP contribution in [-0.2, 0) is 19.6 Å². The fourth-order valence-electron chi connectivity index (χ4n) is 3.75. The third-order valence-electron chi connectivity index (χ3n) is 5.21. The Kier molecular flexibility index (Phi) is 6.04.